The second-order valence-corrected chi connectivity index (χ2v) is 11.6. The van der Waals surface area contributed by atoms with Gasteiger partial charge in [0, 0.05) is 0 Å². The predicted octanol–water partition coefficient (Wildman–Crippen LogP) is 2.14. The highest BCUT2D eigenvalue weighted by Gasteiger charge is 2.29. The minimum absolute atomic E-state index is 0.0414. The number of benzene rings is 1. The average Bonchev–Trinajstić information content (AvgIpc) is 3.15. The van der Waals surface area contributed by atoms with Gasteiger partial charge in [-0.25, -0.2) is 22.0 Å². The second-order valence-electron chi connectivity index (χ2n) is 6.63. The van der Waals surface area contributed by atoms with E-state index in [1.165, 1.54) is 6.26 Å². The van der Waals surface area contributed by atoms with Gasteiger partial charge in [-0.2, -0.15) is 8.42 Å². The summed E-state index contributed by atoms with van der Waals surface area (Å²) in [6, 6.07) is 4.59. The van der Waals surface area contributed by atoms with Gasteiger partial charge in [0.2, 0.25) is 10.0 Å². The van der Waals surface area contributed by atoms with Gasteiger partial charge in [0.1, 0.15) is 15.6 Å². The molecular weight excluding hydrogens is 456 g/mol. The normalized spacial score (nSPS) is 12.8. The number of furan rings is 1. The number of unbranched alkanes of at least 4 members (excludes halogenated alkanes) is 3. The Morgan fingerprint density at radius 1 is 1.00 bits per heavy atom. The van der Waals surface area contributed by atoms with Gasteiger partial charge in [-0.3, -0.25) is 4.55 Å². The number of nitrogens with two attached hydrogens (primary N) is 1. The van der Waals surface area contributed by atoms with E-state index in [1.807, 2.05) is 6.92 Å². The van der Waals surface area contributed by atoms with E-state index in [1.54, 1.807) is 12.1 Å². The number of hydrogen-bond acceptors (Lipinski definition) is 8. The van der Waals surface area contributed by atoms with Crippen LogP contribution >= 0.6 is 0 Å². The minimum Gasteiger partial charge on any atom is -0.467 e. The van der Waals surface area contributed by atoms with Gasteiger partial charge in [-0.15, -0.1) is 0 Å². The number of hydrogen-bond donors (Lipinski definition) is 3. The Kier molecular flexibility index (Phi) is 7.69. The summed E-state index contributed by atoms with van der Waals surface area (Å²) < 4.78 is 88.0. The molecule has 0 unspecified atom stereocenters. The summed E-state index contributed by atoms with van der Waals surface area (Å²) in [6.07, 6.45) is 4.02. The van der Waals surface area contributed by atoms with E-state index >= 15 is 0 Å². The SMILES string of the molecule is CCCCCCS(=O)(=O)c1cc(NCc2ccco2)c(S(=O)(=O)O)cc1S(N)(=O)=O. The quantitative estimate of drug-likeness (QED) is 0.321. The summed E-state index contributed by atoms with van der Waals surface area (Å²) in [7, 11) is -13.6. The lowest BCUT2D eigenvalue weighted by Gasteiger charge is -2.15. The minimum atomic E-state index is -4.90. The number of primary sulfonamides is 1. The molecule has 0 saturated heterocycles. The summed E-state index contributed by atoms with van der Waals surface area (Å²) in [5.41, 5.74) is -0.298. The van der Waals surface area contributed by atoms with Crippen LogP contribution in [0.25, 0.3) is 0 Å². The van der Waals surface area contributed by atoms with Crippen molar-refractivity contribution < 1.29 is 34.2 Å². The topological polar surface area (TPSA) is 174 Å². The molecule has 1 aromatic heterocycles. The first-order valence-corrected chi connectivity index (χ1v) is 13.7. The number of nitrogens with one attached hydrogen (secondary N) is 1. The first kappa shape index (κ1) is 24.3. The first-order chi connectivity index (χ1) is 13.9. The molecule has 1 heterocycles. The lowest BCUT2D eigenvalue weighted by atomic mass is 10.2. The highest BCUT2D eigenvalue weighted by atomic mass is 32.2. The molecule has 168 valence electrons. The van der Waals surface area contributed by atoms with Crippen molar-refractivity contribution >= 4 is 35.7 Å². The predicted molar refractivity (Wildman–Crippen MR) is 110 cm³/mol. The molecule has 0 aliphatic carbocycles. The molecule has 0 fully saturated rings. The monoisotopic (exact) mass is 480 g/mol. The molecule has 0 amide bonds. The standard InChI is InChI=1S/C17H24N2O8S3/c1-2-3-4-5-9-28(20,21)16-10-14(19-12-13-7-6-8-27-13)15(30(24,25)26)11-17(16)29(18,22)23/h6-8,10-11,19H,2-5,9,12H2,1H3,(H2,18,22,23)(H,24,25,26). The molecule has 0 bridgehead atoms. The number of sulfone groups is 1. The molecule has 2 rings (SSSR count). The van der Waals surface area contributed by atoms with E-state index in [9.17, 15) is 29.8 Å². The highest BCUT2D eigenvalue weighted by Crippen LogP contribution is 2.32. The van der Waals surface area contributed by atoms with Crippen molar-refractivity contribution in [1.29, 1.82) is 0 Å². The maximum Gasteiger partial charge on any atom is 0.296 e. The third kappa shape index (κ3) is 6.28. The van der Waals surface area contributed by atoms with E-state index in [-0.39, 0.29) is 18.0 Å². The molecule has 0 aliphatic heterocycles. The van der Waals surface area contributed by atoms with Crippen LogP contribution in [0, 0.1) is 0 Å². The number of sulfonamides is 1. The molecule has 0 spiro atoms. The molecular formula is C17H24N2O8S3. The lowest BCUT2D eigenvalue weighted by Crippen LogP contribution is -2.20. The van der Waals surface area contributed by atoms with E-state index < -0.39 is 44.7 Å². The second kappa shape index (κ2) is 9.47. The highest BCUT2D eigenvalue weighted by molar-refractivity contribution is 7.93. The van der Waals surface area contributed by atoms with Gasteiger partial charge in [0.15, 0.2) is 9.84 Å². The van der Waals surface area contributed by atoms with Crippen LogP contribution in [0.2, 0.25) is 0 Å². The van der Waals surface area contributed by atoms with Crippen LogP contribution in [0.4, 0.5) is 5.69 Å². The van der Waals surface area contributed by atoms with Crippen molar-refractivity contribution in [3.05, 3.63) is 36.3 Å². The number of anilines is 1. The molecule has 2 aromatic rings. The fraction of sp³-hybridized carbons (Fsp3) is 0.412. The van der Waals surface area contributed by atoms with E-state index in [2.05, 4.69) is 5.32 Å². The molecule has 13 heteroatoms. The zero-order valence-electron chi connectivity index (χ0n) is 16.2. The van der Waals surface area contributed by atoms with Crippen molar-refractivity contribution in [2.45, 2.75) is 53.8 Å². The summed E-state index contributed by atoms with van der Waals surface area (Å²) in [6.45, 7) is 1.92. The van der Waals surface area contributed by atoms with Gasteiger partial charge >= 0.3 is 0 Å². The van der Waals surface area contributed by atoms with E-state index in [4.69, 9.17) is 9.56 Å². The smallest absolute Gasteiger partial charge is 0.296 e. The van der Waals surface area contributed by atoms with Crippen molar-refractivity contribution in [1.82, 2.24) is 0 Å². The van der Waals surface area contributed by atoms with Crippen LogP contribution in [-0.4, -0.2) is 35.6 Å². The van der Waals surface area contributed by atoms with Crippen molar-refractivity contribution in [2.75, 3.05) is 11.1 Å². The Morgan fingerprint density at radius 2 is 1.70 bits per heavy atom. The third-order valence-electron chi connectivity index (χ3n) is 4.27. The molecule has 0 saturated carbocycles. The Hall–Kier alpha value is -1.93. The zero-order chi connectivity index (χ0) is 22.6. The van der Waals surface area contributed by atoms with Crippen molar-refractivity contribution in [3.8, 4) is 0 Å². The van der Waals surface area contributed by atoms with Crippen LogP contribution in [0.3, 0.4) is 0 Å². The molecule has 4 N–H and O–H groups in total. The van der Waals surface area contributed by atoms with Crippen LogP contribution < -0.4 is 10.5 Å². The summed E-state index contributed by atoms with van der Waals surface area (Å²) in [5, 5.41) is 7.80. The van der Waals surface area contributed by atoms with Crippen molar-refractivity contribution in [2.24, 2.45) is 5.14 Å². The third-order valence-corrected chi connectivity index (χ3v) is 8.07. The van der Waals surface area contributed by atoms with Gasteiger partial charge in [-0.05, 0) is 30.7 Å². The van der Waals surface area contributed by atoms with Crippen LogP contribution in [0.1, 0.15) is 38.4 Å². The fourth-order valence-electron chi connectivity index (χ4n) is 2.78. The Labute approximate surface area is 176 Å². The molecule has 1 aromatic carbocycles. The number of rotatable bonds is 11. The van der Waals surface area contributed by atoms with E-state index in [0.717, 1.165) is 18.9 Å². The first-order valence-electron chi connectivity index (χ1n) is 9.03. The Balaban J connectivity index is 2.59. The van der Waals surface area contributed by atoms with Crippen LogP contribution in [-0.2, 0) is 36.5 Å². The molecule has 0 radical (unpaired) electrons. The van der Waals surface area contributed by atoms with Gasteiger partial charge in [0.25, 0.3) is 10.1 Å². The summed E-state index contributed by atoms with van der Waals surface area (Å²) in [4.78, 5) is -2.34. The van der Waals surface area contributed by atoms with Crippen LogP contribution in [0.5, 0.6) is 0 Å². The van der Waals surface area contributed by atoms with Crippen LogP contribution in [0.15, 0.2) is 49.6 Å². The van der Waals surface area contributed by atoms with Gasteiger partial charge in [0.05, 0.1) is 29.1 Å². The maximum atomic E-state index is 12.8. The average molecular weight is 481 g/mol. The Bertz CT molecular complexity index is 1190. The summed E-state index contributed by atoms with van der Waals surface area (Å²) >= 11 is 0. The lowest BCUT2D eigenvalue weighted by molar-refractivity contribution is 0.482. The Morgan fingerprint density at radius 3 is 2.23 bits per heavy atom. The van der Waals surface area contributed by atoms with E-state index in [0.29, 0.717) is 24.7 Å². The molecule has 30 heavy (non-hydrogen) atoms. The zero-order valence-corrected chi connectivity index (χ0v) is 18.7. The largest absolute Gasteiger partial charge is 0.467 e. The molecule has 0 atom stereocenters. The fourth-order valence-corrected chi connectivity index (χ4v) is 6.35. The van der Waals surface area contributed by atoms with Crippen molar-refractivity contribution in [3.63, 3.8) is 0 Å². The van der Waals surface area contributed by atoms with Gasteiger partial charge in [-0.1, -0.05) is 26.2 Å². The summed E-state index contributed by atoms with van der Waals surface area (Å²) in [5.74, 6) is 0.0639. The maximum absolute atomic E-state index is 12.8. The molecule has 0 aliphatic rings. The molecule has 10 nitrogen and oxygen atoms in total. The van der Waals surface area contributed by atoms with Gasteiger partial charge < -0.3 is 9.73 Å².